The first-order chi connectivity index (χ1) is 8.91. The van der Waals surface area contributed by atoms with E-state index in [1.54, 1.807) is 13.8 Å². The van der Waals surface area contributed by atoms with E-state index in [9.17, 15) is 14.4 Å². The van der Waals surface area contributed by atoms with Crippen LogP contribution in [0.2, 0.25) is 0 Å². The van der Waals surface area contributed by atoms with Gasteiger partial charge in [-0.05, 0) is 19.4 Å². The number of hydrogen-bond acceptors (Lipinski definition) is 3. The van der Waals surface area contributed by atoms with Gasteiger partial charge in [-0.1, -0.05) is 30.3 Å². The minimum Gasteiger partial charge on any atom is -0.323 e. The molecule has 0 atom stereocenters. The van der Waals surface area contributed by atoms with Crippen molar-refractivity contribution in [2.75, 3.05) is 13.1 Å². The molecule has 1 N–H and O–H groups in total. The number of carbonyl (C=O) groups is 3. The summed E-state index contributed by atoms with van der Waals surface area (Å²) in [6, 6.07) is 9.33. The highest BCUT2D eigenvalue weighted by Crippen LogP contribution is 2.25. The Balaban J connectivity index is 2.23. The summed E-state index contributed by atoms with van der Waals surface area (Å²) in [6.07, 6.45) is 0. The van der Waals surface area contributed by atoms with Crippen LogP contribution in [-0.4, -0.2) is 35.7 Å². The third kappa shape index (κ3) is 2.65. The fourth-order valence-corrected chi connectivity index (χ4v) is 2.15. The summed E-state index contributed by atoms with van der Waals surface area (Å²) in [7, 11) is 0. The molecule has 1 heterocycles. The quantitative estimate of drug-likeness (QED) is 0.785. The van der Waals surface area contributed by atoms with Gasteiger partial charge in [-0.15, -0.1) is 0 Å². The summed E-state index contributed by atoms with van der Waals surface area (Å²) in [5.41, 5.74) is 0.0949. The smallest absolute Gasteiger partial charge is 0.246 e. The van der Waals surface area contributed by atoms with Crippen molar-refractivity contribution in [1.29, 1.82) is 0 Å². The second-order valence-electron chi connectivity index (χ2n) is 5.12. The largest absolute Gasteiger partial charge is 0.323 e. The Bertz CT molecular complexity index is 507. The Morgan fingerprint density at radius 2 is 1.63 bits per heavy atom. The zero-order valence-corrected chi connectivity index (χ0v) is 11.0. The predicted octanol–water partition coefficient (Wildman–Crippen LogP) is 0.449. The van der Waals surface area contributed by atoms with E-state index >= 15 is 0 Å². The van der Waals surface area contributed by atoms with E-state index in [1.165, 1.54) is 4.90 Å². The van der Waals surface area contributed by atoms with Crippen LogP contribution in [0.1, 0.15) is 19.4 Å². The molecule has 1 aromatic rings. The van der Waals surface area contributed by atoms with Crippen LogP contribution in [0.25, 0.3) is 0 Å². The molecule has 3 amide bonds. The van der Waals surface area contributed by atoms with Crippen LogP contribution >= 0.6 is 0 Å². The van der Waals surface area contributed by atoms with Crippen LogP contribution in [0.4, 0.5) is 0 Å². The average Bonchev–Trinajstić information content (AvgIpc) is 2.37. The summed E-state index contributed by atoms with van der Waals surface area (Å²) < 4.78 is 0. The van der Waals surface area contributed by atoms with Gasteiger partial charge in [0.1, 0.15) is 13.1 Å². The number of nitrogens with zero attached hydrogens (tertiary/aromatic N) is 1. The van der Waals surface area contributed by atoms with Gasteiger partial charge in [0.25, 0.3) is 0 Å². The molecular formula is C14H16N2O3. The molecule has 1 saturated heterocycles. The van der Waals surface area contributed by atoms with Gasteiger partial charge in [0.15, 0.2) is 0 Å². The van der Waals surface area contributed by atoms with Crippen LogP contribution in [-0.2, 0) is 19.8 Å². The maximum atomic E-state index is 12.5. The topological polar surface area (TPSA) is 66.5 Å². The van der Waals surface area contributed by atoms with E-state index in [4.69, 9.17) is 0 Å². The molecular weight excluding hydrogens is 244 g/mol. The molecule has 2 rings (SSSR count). The van der Waals surface area contributed by atoms with E-state index in [0.29, 0.717) is 0 Å². The Kier molecular flexibility index (Phi) is 3.38. The first-order valence-corrected chi connectivity index (χ1v) is 6.09. The zero-order valence-electron chi connectivity index (χ0n) is 11.0. The minimum atomic E-state index is -0.765. The Labute approximate surface area is 111 Å². The third-order valence-corrected chi connectivity index (χ3v) is 3.27. The average molecular weight is 260 g/mol. The van der Waals surface area contributed by atoms with Crippen molar-refractivity contribution in [3.05, 3.63) is 35.9 Å². The molecule has 1 aromatic carbocycles. The number of rotatable bonds is 2. The molecule has 0 saturated carbocycles. The molecule has 0 bridgehead atoms. The van der Waals surface area contributed by atoms with Crippen LogP contribution in [0.5, 0.6) is 0 Å². The van der Waals surface area contributed by atoms with Crippen LogP contribution in [0.3, 0.4) is 0 Å². The SMILES string of the molecule is CC(C)(C(=O)N1CC(=O)NC(=O)C1)c1ccccc1. The molecule has 1 fully saturated rings. The molecule has 0 aliphatic carbocycles. The van der Waals surface area contributed by atoms with E-state index in [0.717, 1.165) is 5.56 Å². The van der Waals surface area contributed by atoms with Gasteiger partial charge >= 0.3 is 0 Å². The summed E-state index contributed by atoms with van der Waals surface area (Å²) in [5.74, 6) is -1.09. The van der Waals surface area contributed by atoms with E-state index in [2.05, 4.69) is 5.32 Å². The standard InChI is InChI=1S/C14H16N2O3/c1-14(2,10-6-4-3-5-7-10)13(19)16-8-11(17)15-12(18)9-16/h3-7H,8-9H2,1-2H3,(H,15,17,18). The molecule has 5 heteroatoms. The molecule has 0 radical (unpaired) electrons. The van der Waals surface area contributed by atoms with Crippen molar-refractivity contribution in [3.8, 4) is 0 Å². The lowest BCUT2D eigenvalue weighted by Gasteiger charge is -2.33. The number of amides is 3. The number of carbonyl (C=O) groups excluding carboxylic acids is 3. The van der Waals surface area contributed by atoms with Gasteiger partial charge in [0, 0.05) is 0 Å². The van der Waals surface area contributed by atoms with E-state index in [1.807, 2.05) is 30.3 Å². The molecule has 19 heavy (non-hydrogen) atoms. The number of piperazine rings is 1. The van der Waals surface area contributed by atoms with Gasteiger partial charge < -0.3 is 4.90 Å². The summed E-state index contributed by atoms with van der Waals surface area (Å²) in [4.78, 5) is 36.5. The lowest BCUT2D eigenvalue weighted by atomic mass is 9.83. The van der Waals surface area contributed by atoms with E-state index in [-0.39, 0.29) is 19.0 Å². The van der Waals surface area contributed by atoms with Gasteiger partial charge in [-0.25, -0.2) is 0 Å². The Morgan fingerprint density at radius 3 is 2.16 bits per heavy atom. The fraction of sp³-hybridized carbons (Fsp3) is 0.357. The predicted molar refractivity (Wildman–Crippen MR) is 69.2 cm³/mol. The molecule has 5 nitrogen and oxygen atoms in total. The summed E-state index contributed by atoms with van der Waals surface area (Å²) >= 11 is 0. The normalized spacial score (nSPS) is 16.2. The lowest BCUT2D eigenvalue weighted by molar-refractivity contribution is -0.148. The number of benzene rings is 1. The highest BCUT2D eigenvalue weighted by atomic mass is 16.2. The van der Waals surface area contributed by atoms with Gasteiger partial charge in [-0.2, -0.15) is 0 Å². The number of hydrogen-bond donors (Lipinski definition) is 1. The molecule has 0 spiro atoms. The summed E-state index contributed by atoms with van der Waals surface area (Å²) in [5, 5.41) is 2.18. The fourth-order valence-electron chi connectivity index (χ4n) is 2.15. The first-order valence-electron chi connectivity index (χ1n) is 6.09. The first kappa shape index (κ1) is 13.3. The lowest BCUT2D eigenvalue weighted by Crippen LogP contribution is -2.56. The molecule has 100 valence electrons. The van der Waals surface area contributed by atoms with Crippen molar-refractivity contribution >= 4 is 17.7 Å². The number of imide groups is 1. The van der Waals surface area contributed by atoms with Crippen LogP contribution in [0.15, 0.2) is 30.3 Å². The van der Waals surface area contributed by atoms with Gasteiger partial charge in [0.2, 0.25) is 17.7 Å². The van der Waals surface area contributed by atoms with Gasteiger partial charge in [0.05, 0.1) is 5.41 Å². The third-order valence-electron chi connectivity index (χ3n) is 3.27. The van der Waals surface area contributed by atoms with Gasteiger partial charge in [-0.3, -0.25) is 19.7 Å². The maximum Gasteiger partial charge on any atom is 0.246 e. The monoisotopic (exact) mass is 260 g/mol. The molecule has 0 unspecified atom stereocenters. The van der Waals surface area contributed by atoms with E-state index < -0.39 is 17.2 Å². The molecule has 1 aliphatic rings. The van der Waals surface area contributed by atoms with Crippen molar-refractivity contribution < 1.29 is 14.4 Å². The maximum absolute atomic E-state index is 12.5. The highest BCUT2D eigenvalue weighted by molar-refractivity contribution is 6.03. The van der Waals surface area contributed by atoms with Crippen molar-refractivity contribution in [3.63, 3.8) is 0 Å². The van der Waals surface area contributed by atoms with Crippen LogP contribution in [0, 0.1) is 0 Å². The summed E-state index contributed by atoms with van der Waals surface area (Å²) in [6.45, 7) is 3.45. The zero-order chi connectivity index (χ0) is 14.0. The van der Waals surface area contributed by atoms with Crippen molar-refractivity contribution in [2.24, 2.45) is 0 Å². The second kappa shape index (κ2) is 4.84. The highest BCUT2D eigenvalue weighted by Gasteiger charge is 2.37. The Morgan fingerprint density at radius 1 is 1.11 bits per heavy atom. The second-order valence-corrected chi connectivity index (χ2v) is 5.12. The molecule has 1 aliphatic heterocycles. The Hall–Kier alpha value is -2.17. The van der Waals surface area contributed by atoms with Crippen molar-refractivity contribution in [1.82, 2.24) is 10.2 Å². The molecule has 0 aromatic heterocycles. The van der Waals surface area contributed by atoms with Crippen LogP contribution < -0.4 is 5.32 Å². The minimum absolute atomic E-state index is 0.0686. The van der Waals surface area contributed by atoms with Crippen molar-refractivity contribution in [2.45, 2.75) is 19.3 Å². The number of nitrogens with one attached hydrogen (secondary N) is 1.